The van der Waals surface area contributed by atoms with Crippen LogP contribution in [0, 0.1) is 11.3 Å². The van der Waals surface area contributed by atoms with Crippen molar-refractivity contribution in [3.63, 3.8) is 0 Å². The second kappa shape index (κ2) is 7.90. The number of amides is 1. The van der Waals surface area contributed by atoms with Gasteiger partial charge in [-0.2, -0.15) is 5.26 Å². The Morgan fingerprint density at radius 1 is 1.17 bits per heavy atom. The molecule has 0 bridgehead atoms. The van der Waals surface area contributed by atoms with Crippen LogP contribution in [0.4, 0.5) is 5.69 Å². The summed E-state index contributed by atoms with van der Waals surface area (Å²) in [5.74, 6) is -1.46. The van der Waals surface area contributed by atoms with Crippen LogP contribution < -0.4 is 5.32 Å². The number of anilines is 1. The highest BCUT2D eigenvalue weighted by Gasteiger charge is 2.24. The van der Waals surface area contributed by atoms with Crippen LogP contribution in [-0.2, 0) is 14.3 Å². The summed E-state index contributed by atoms with van der Waals surface area (Å²) in [4.78, 5) is 24.0. The molecule has 0 radical (unpaired) electrons. The molecule has 0 aliphatic carbocycles. The van der Waals surface area contributed by atoms with Crippen LogP contribution in [0.2, 0.25) is 0 Å². The van der Waals surface area contributed by atoms with Gasteiger partial charge in [-0.3, -0.25) is 4.79 Å². The Bertz CT molecular complexity index is 768. The molecule has 2 N–H and O–H groups in total. The summed E-state index contributed by atoms with van der Waals surface area (Å²) >= 11 is 0. The number of aliphatic hydroxyl groups is 1. The van der Waals surface area contributed by atoms with Crippen molar-refractivity contribution < 1.29 is 19.4 Å². The van der Waals surface area contributed by atoms with E-state index in [1.54, 1.807) is 48.5 Å². The van der Waals surface area contributed by atoms with Crippen molar-refractivity contribution in [3.05, 3.63) is 65.7 Å². The zero-order chi connectivity index (χ0) is 17.5. The smallest absolute Gasteiger partial charge is 0.340 e. The quantitative estimate of drug-likeness (QED) is 0.821. The molecular weight excluding hydrogens is 308 g/mol. The molecule has 2 aromatic rings. The van der Waals surface area contributed by atoms with Gasteiger partial charge in [0.15, 0.2) is 12.2 Å². The summed E-state index contributed by atoms with van der Waals surface area (Å²) in [6.45, 7) is 1.40. The Morgan fingerprint density at radius 2 is 1.88 bits per heavy atom. The average Bonchev–Trinajstić information content (AvgIpc) is 2.61. The van der Waals surface area contributed by atoms with E-state index in [0.717, 1.165) is 0 Å². The summed E-state index contributed by atoms with van der Waals surface area (Å²) in [6, 6.07) is 16.6. The van der Waals surface area contributed by atoms with E-state index in [2.05, 4.69) is 5.32 Å². The molecule has 2 aromatic carbocycles. The zero-order valence-electron chi connectivity index (χ0n) is 13.0. The van der Waals surface area contributed by atoms with Gasteiger partial charge >= 0.3 is 5.97 Å². The molecule has 0 aliphatic heterocycles. The van der Waals surface area contributed by atoms with Gasteiger partial charge in [0, 0.05) is 5.69 Å². The number of benzene rings is 2. The molecule has 0 saturated carbocycles. The molecule has 0 spiro atoms. The van der Waals surface area contributed by atoms with E-state index >= 15 is 0 Å². The second-order valence-corrected chi connectivity index (χ2v) is 5.07. The number of hydrogen-bond donors (Lipinski definition) is 2. The highest BCUT2D eigenvalue weighted by Crippen LogP contribution is 2.15. The number of hydrogen-bond acceptors (Lipinski definition) is 5. The van der Waals surface area contributed by atoms with Gasteiger partial charge < -0.3 is 15.2 Å². The minimum absolute atomic E-state index is 0.386. The van der Waals surface area contributed by atoms with Gasteiger partial charge in [-0.15, -0.1) is 0 Å². The van der Waals surface area contributed by atoms with Gasteiger partial charge in [0.05, 0.1) is 11.6 Å². The first-order valence-electron chi connectivity index (χ1n) is 7.26. The highest BCUT2D eigenvalue weighted by molar-refractivity contribution is 5.95. The molecule has 0 aliphatic rings. The van der Waals surface area contributed by atoms with Crippen molar-refractivity contribution in [3.8, 4) is 6.07 Å². The maximum absolute atomic E-state index is 12.1. The van der Waals surface area contributed by atoms with Crippen molar-refractivity contribution in [2.45, 2.75) is 19.1 Å². The largest absolute Gasteiger partial charge is 0.450 e. The lowest BCUT2D eigenvalue weighted by atomic mass is 10.1. The van der Waals surface area contributed by atoms with Crippen LogP contribution in [0.5, 0.6) is 0 Å². The normalized spacial score (nSPS) is 12.5. The fraction of sp³-hybridized carbons (Fsp3) is 0.167. The van der Waals surface area contributed by atoms with E-state index in [4.69, 9.17) is 10.00 Å². The number of nitrogens with one attached hydrogen (secondary N) is 1. The topological polar surface area (TPSA) is 99.4 Å². The maximum atomic E-state index is 12.1. The number of esters is 1. The van der Waals surface area contributed by atoms with E-state index in [1.165, 1.54) is 13.0 Å². The number of nitrogens with zero attached hydrogens (tertiary/aromatic N) is 1. The first-order valence-corrected chi connectivity index (χ1v) is 7.26. The van der Waals surface area contributed by atoms with Crippen molar-refractivity contribution in [1.82, 2.24) is 0 Å². The van der Waals surface area contributed by atoms with Gasteiger partial charge in [0.1, 0.15) is 0 Å². The number of nitriles is 1. The van der Waals surface area contributed by atoms with Crippen molar-refractivity contribution >= 4 is 17.6 Å². The van der Waals surface area contributed by atoms with Crippen LogP contribution in [0.25, 0.3) is 0 Å². The lowest BCUT2D eigenvalue weighted by Crippen LogP contribution is -2.31. The molecule has 0 heterocycles. The number of aliphatic hydroxyl groups excluding tert-OH is 1. The van der Waals surface area contributed by atoms with E-state index in [-0.39, 0.29) is 0 Å². The van der Waals surface area contributed by atoms with Gasteiger partial charge in [-0.25, -0.2) is 4.79 Å². The molecule has 0 fully saturated rings. The summed E-state index contributed by atoms with van der Waals surface area (Å²) < 4.78 is 4.99. The number of rotatable bonds is 5. The first-order chi connectivity index (χ1) is 11.5. The zero-order valence-corrected chi connectivity index (χ0v) is 13.0. The summed E-state index contributed by atoms with van der Waals surface area (Å²) in [6.07, 6.45) is -2.55. The minimum atomic E-state index is -1.46. The Hall–Kier alpha value is -3.17. The maximum Gasteiger partial charge on any atom is 0.340 e. The van der Waals surface area contributed by atoms with Crippen LogP contribution in [0.1, 0.15) is 24.2 Å². The third kappa shape index (κ3) is 4.41. The molecule has 0 saturated heterocycles. The minimum Gasteiger partial charge on any atom is -0.450 e. The van der Waals surface area contributed by atoms with Crippen LogP contribution in [0.3, 0.4) is 0 Å². The molecular formula is C18H16N2O4. The fourth-order valence-corrected chi connectivity index (χ4v) is 1.97. The van der Waals surface area contributed by atoms with Crippen LogP contribution >= 0.6 is 0 Å². The van der Waals surface area contributed by atoms with E-state index in [9.17, 15) is 14.7 Å². The summed E-state index contributed by atoms with van der Waals surface area (Å²) in [5, 5.41) is 21.3. The van der Waals surface area contributed by atoms with Gasteiger partial charge in [0.2, 0.25) is 0 Å². The van der Waals surface area contributed by atoms with Gasteiger partial charge in [0.25, 0.3) is 5.91 Å². The van der Waals surface area contributed by atoms with Crippen molar-refractivity contribution in [1.29, 1.82) is 5.26 Å². The first kappa shape index (κ1) is 17.2. The van der Waals surface area contributed by atoms with E-state index in [0.29, 0.717) is 16.8 Å². The molecule has 6 heteroatoms. The number of carbonyl (C=O) groups excluding carboxylic acids is 2. The molecule has 2 atom stereocenters. The predicted octanol–water partition coefficient (Wildman–Crippen LogP) is 2.16. The highest BCUT2D eigenvalue weighted by atomic mass is 16.6. The van der Waals surface area contributed by atoms with Crippen molar-refractivity contribution in [2.75, 3.05) is 5.32 Å². The molecule has 1 amide bonds. The molecule has 122 valence electrons. The SMILES string of the molecule is C[C@H](OC(=O)[C@H](O)c1ccccc1)C(=O)Nc1cccc(C#N)c1. The Labute approximate surface area is 139 Å². The summed E-state index contributed by atoms with van der Waals surface area (Å²) in [7, 11) is 0. The van der Waals surface area contributed by atoms with Crippen molar-refractivity contribution in [2.24, 2.45) is 0 Å². The number of carbonyl (C=O) groups is 2. The lowest BCUT2D eigenvalue weighted by Gasteiger charge is -2.16. The van der Waals surface area contributed by atoms with Gasteiger partial charge in [-0.05, 0) is 30.7 Å². The molecule has 0 aromatic heterocycles. The molecule has 24 heavy (non-hydrogen) atoms. The Balaban J connectivity index is 1.96. The third-order valence-electron chi connectivity index (χ3n) is 3.26. The standard InChI is InChI=1S/C18H16N2O4/c1-12(17(22)20-15-9-5-6-13(10-15)11-19)24-18(23)16(21)14-7-3-2-4-8-14/h2-10,12,16,21H,1H3,(H,20,22)/t12-,16+/m0/s1. The molecule has 2 rings (SSSR count). The Kier molecular flexibility index (Phi) is 5.66. The van der Waals surface area contributed by atoms with Crippen LogP contribution in [0.15, 0.2) is 54.6 Å². The fourth-order valence-electron chi connectivity index (χ4n) is 1.97. The van der Waals surface area contributed by atoms with Crippen LogP contribution in [-0.4, -0.2) is 23.1 Å². The molecule has 6 nitrogen and oxygen atoms in total. The van der Waals surface area contributed by atoms with Gasteiger partial charge in [-0.1, -0.05) is 36.4 Å². The predicted molar refractivity (Wildman–Crippen MR) is 86.7 cm³/mol. The molecule has 0 unspecified atom stereocenters. The average molecular weight is 324 g/mol. The van der Waals surface area contributed by atoms with E-state index in [1.807, 2.05) is 6.07 Å². The third-order valence-corrected chi connectivity index (χ3v) is 3.26. The second-order valence-electron chi connectivity index (χ2n) is 5.07. The summed E-state index contributed by atoms with van der Waals surface area (Å²) in [5.41, 5.74) is 1.21. The number of ether oxygens (including phenoxy) is 1. The van der Waals surface area contributed by atoms with E-state index < -0.39 is 24.1 Å². The monoisotopic (exact) mass is 324 g/mol. The lowest BCUT2D eigenvalue weighted by molar-refractivity contribution is -0.162. The Morgan fingerprint density at radius 3 is 2.54 bits per heavy atom.